The van der Waals surface area contributed by atoms with E-state index in [0.29, 0.717) is 35.2 Å². The van der Waals surface area contributed by atoms with Crippen LogP contribution in [0, 0.1) is 17.8 Å². The van der Waals surface area contributed by atoms with Crippen LogP contribution in [-0.2, 0) is 12.8 Å². The summed E-state index contributed by atoms with van der Waals surface area (Å²) in [6.07, 6.45) is 2.33. The topological polar surface area (TPSA) is 98.7 Å². The molecule has 6 rings (SSSR count). The molecule has 0 saturated heterocycles. The third kappa shape index (κ3) is 15.4. The average Bonchev–Trinajstić information content (AvgIpc) is 3.21. The summed E-state index contributed by atoms with van der Waals surface area (Å²) in [5.74, 6) is 1.19. The maximum atomic E-state index is 12.9. The summed E-state index contributed by atoms with van der Waals surface area (Å²) in [5.41, 5.74) is 10.1. The van der Waals surface area contributed by atoms with Crippen molar-refractivity contribution < 1.29 is 19.6 Å². The lowest BCUT2D eigenvalue weighted by Gasteiger charge is -2.21. The molecule has 0 aromatic heterocycles. The second kappa shape index (κ2) is 23.7. The van der Waals surface area contributed by atoms with Crippen molar-refractivity contribution in [3.63, 3.8) is 0 Å². The molecular formula is C50H55BBr2N2O4. The number of benzene rings is 6. The van der Waals surface area contributed by atoms with Crippen LogP contribution >= 0.6 is 31.9 Å². The van der Waals surface area contributed by atoms with E-state index in [1.165, 1.54) is 22.3 Å². The molecule has 0 heterocycles. The molecule has 0 bridgehead atoms. The molecule has 59 heavy (non-hydrogen) atoms. The Morgan fingerprint density at radius 3 is 1.15 bits per heavy atom. The van der Waals surface area contributed by atoms with Crippen molar-refractivity contribution in [3.05, 3.63) is 177 Å². The van der Waals surface area contributed by atoms with E-state index in [9.17, 15) is 9.59 Å². The van der Waals surface area contributed by atoms with Crippen molar-refractivity contribution in [2.45, 2.75) is 60.7 Å². The number of anilines is 2. The lowest BCUT2D eigenvalue weighted by molar-refractivity contribution is 0.101. The first-order chi connectivity index (χ1) is 28.2. The van der Waals surface area contributed by atoms with Crippen LogP contribution in [0.4, 0.5) is 11.4 Å². The molecule has 4 N–H and O–H groups in total. The first kappa shape index (κ1) is 46.9. The third-order valence-electron chi connectivity index (χ3n) is 9.05. The van der Waals surface area contributed by atoms with Crippen LogP contribution in [0.15, 0.2) is 155 Å². The van der Waals surface area contributed by atoms with Gasteiger partial charge in [0, 0.05) is 25.8 Å². The largest absolute Gasteiger partial charge is 0.451 e. The molecule has 6 aromatic carbocycles. The van der Waals surface area contributed by atoms with E-state index in [4.69, 9.17) is 10.0 Å². The standard InChI is InChI=1S/C27H31NO.C19H13Br2NO.C4H11BO2/c1-19(2)15-24-17-23(21-11-7-5-8-12-21)18-25(16-20(3)4)26(24)28-27(29)22-13-9-6-10-14-22;20-16-11-15(13-7-3-1-4-8-13)12-17(21)18(16)22-19(23)14-9-5-2-6-10-14;1-4(2)3-5(6)7/h5-14,17-20H,15-16H2,1-4H3,(H,28,29);1-12H,(H,22,23);4,6-7H,3H2,1-2H3. The summed E-state index contributed by atoms with van der Waals surface area (Å²) in [6.45, 7) is 12.8. The second-order valence-electron chi connectivity index (χ2n) is 15.7. The van der Waals surface area contributed by atoms with Crippen LogP contribution in [0.5, 0.6) is 0 Å². The molecule has 0 spiro atoms. The average molecular weight is 919 g/mol. The van der Waals surface area contributed by atoms with Gasteiger partial charge in [-0.05, 0) is 151 Å². The van der Waals surface area contributed by atoms with Crippen molar-refractivity contribution in [2.75, 3.05) is 10.6 Å². The van der Waals surface area contributed by atoms with Crippen LogP contribution < -0.4 is 10.6 Å². The van der Waals surface area contributed by atoms with E-state index in [-0.39, 0.29) is 11.8 Å². The zero-order valence-electron chi connectivity index (χ0n) is 34.8. The van der Waals surface area contributed by atoms with E-state index in [1.807, 2.05) is 98.8 Å². The van der Waals surface area contributed by atoms with E-state index in [0.717, 1.165) is 44.3 Å². The van der Waals surface area contributed by atoms with Gasteiger partial charge in [0.15, 0.2) is 0 Å². The van der Waals surface area contributed by atoms with Crippen LogP contribution in [0.25, 0.3) is 22.3 Å². The Balaban J connectivity index is 0.000000229. The number of nitrogens with one attached hydrogen (secondary N) is 2. The fraction of sp³-hybridized carbons (Fsp3) is 0.240. The van der Waals surface area contributed by atoms with Gasteiger partial charge in [-0.3, -0.25) is 9.59 Å². The quantitative estimate of drug-likeness (QED) is 0.0919. The molecule has 0 aliphatic rings. The fourth-order valence-electron chi connectivity index (χ4n) is 6.39. The molecule has 6 nitrogen and oxygen atoms in total. The minimum absolute atomic E-state index is 0.0481. The van der Waals surface area contributed by atoms with Gasteiger partial charge in [-0.1, -0.05) is 139 Å². The van der Waals surface area contributed by atoms with Gasteiger partial charge in [-0.25, -0.2) is 0 Å². The maximum absolute atomic E-state index is 12.9. The van der Waals surface area contributed by atoms with Gasteiger partial charge < -0.3 is 20.7 Å². The van der Waals surface area contributed by atoms with Gasteiger partial charge in [0.2, 0.25) is 0 Å². The molecule has 0 fully saturated rings. The number of halogens is 2. The lowest BCUT2D eigenvalue weighted by atomic mass is 9.80. The third-order valence-corrected chi connectivity index (χ3v) is 10.3. The van der Waals surface area contributed by atoms with Gasteiger partial charge in [-0.15, -0.1) is 0 Å². The Labute approximate surface area is 367 Å². The van der Waals surface area contributed by atoms with Crippen molar-refractivity contribution >= 4 is 62.2 Å². The Kier molecular flexibility index (Phi) is 18.8. The minimum Gasteiger partial charge on any atom is -0.427 e. The molecule has 306 valence electrons. The van der Waals surface area contributed by atoms with Gasteiger partial charge >= 0.3 is 7.12 Å². The van der Waals surface area contributed by atoms with Crippen molar-refractivity contribution in [1.29, 1.82) is 0 Å². The van der Waals surface area contributed by atoms with Crippen LogP contribution in [-0.4, -0.2) is 29.0 Å². The smallest absolute Gasteiger partial charge is 0.427 e. The molecule has 0 aliphatic carbocycles. The maximum Gasteiger partial charge on any atom is 0.451 e. The highest BCUT2D eigenvalue weighted by atomic mass is 79.9. The molecular weight excluding hydrogens is 863 g/mol. The van der Waals surface area contributed by atoms with Crippen LogP contribution in [0.2, 0.25) is 6.32 Å². The second-order valence-corrected chi connectivity index (χ2v) is 17.4. The monoisotopic (exact) mass is 916 g/mol. The summed E-state index contributed by atoms with van der Waals surface area (Å²) < 4.78 is 1.66. The van der Waals surface area contributed by atoms with E-state index >= 15 is 0 Å². The molecule has 6 aromatic rings. The molecule has 2 amide bonds. The Morgan fingerprint density at radius 2 is 0.831 bits per heavy atom. The number of carbonyl (C=O) groups excluding carboxylic acids is 2. The lowest BCUT2D eigenvalue weighted by Crippen LogP contribution is -2.16. The number of carbonyl (C=O) groups is 2. The molecule has 9 heteroatoms. The Bertz CT molecular complexity index is 2160. The molecule has 0 saturated carbocycles. The van der Waals surface area contributed by atoms with Gasteiger partial charge in [0.05, 0.1) is 5.69 Å². The summed E-state index contributed by atoms with van der Waals surface area (Å²) in [6, 6.07) is 47.7. The van der Waals surface area contributed by atoms with E-state index in [2.05, 4.69) is 119 Å². The fourth-order valence-corrected chi connectivity index (χ4v) is 7.77. The number of hydrogen-bond acceptors (Lipinski definition) is 4. The Morgan fingerprint density at radius 1 is 0.492 bits per heavy atom. The molecule has 0 radical (unpaired) electrons. The van der Waals surface area contributed by atoms with Crippen LogP contribution in [0.3, 0.4) is 0 Å². The highest BCUT2D eigenvalue weighted by molar-refractivity contribution is 9.11. The zero-order chi connectivity index (χ0) is 42.9. The highest BCUT2D eigenvalue weighted by Crippen LogP contribution is 2.37. The predicted molar refractivity (Wildman–Crippen MR) is 255 cm³/mol. The molecule has 0 aliphatic heterocycles. The van der Waals surface area contributed by atoms with Gasteiger partial charge in [0.25, 0.3) is 11.8 Å². The highest BCUT2D eigenvalue weighted by Gasteiger charge is 2.18. The SMILES string of the molecule is CC(C)CB(O)O.CC(C)Cc1cc(-c2ccccc2)cc(CC(C)C)c1NC(=O)c1ccccc1.O=C(Nc1c(Br)cc(-c2ccccc2)cc1Br)c1ccccc1. The van der Waals surface area contributed by atoms with E-state index < -0.39 is 7.12 Å². The van der Waals surface area contributed by atoms with Crippen molar-refractivity contribution in [1.82, 2.24) is 0 Å². The van der Waals surface area contributed by atoms with Gasteiger partial charge in [0.1, 0.15) is 0 Å². The zero-order valence-corrected chi connectivity index (χ0v) is 37.9. The number of hydrogen-bond donors (Lipinski definition) is 4. The molecule has 0 unspecified atom stereocenters. The molecule has 0 atom stereocenters. The predicted octanol–water partition coefficient (Wildman–Crippen LogP) is 13.2. The summed E-state index contributed by atoms with van der Waals surface area (Å²) in [7, 11) is -1.13. The Hall–Kier alpha value is -4.80. The van der Waals surface area contributed by atoms with Gasteiger partial charge in [-0.2, -0.15) is 0 Å². The van der Waals surface area contributed by atoms with Crippen molar-refractivity contribution in [3.8, 4) is 22.3 Å². The first-order valence-electron chi connectivity index (χ1n) is 20.1. The van der Waals surface area contributed by atoms with E-state index in [1.54, 1.807) is 12.1 Å². The number of rotatable bonds is 12. The van der Waals surface area contributed by atoms with Crippen LogP contribution in [0.1, 0.15) is 73.4 Å². The normalized spacial score (nSPS) is 10.7. The summed E-state index contributed by atoms with van der Waals surface area (Å²) in [5, 5.41) is 22.7. The van der Waals surface area contributed by atoms with Crippen molar-refractivity contribution in [2.24, 2.45) is 17.8 Å². The summed E-state index contributed by atoms with van der Waals surface area (Å²) in [4.78, 5) is 25.3. The first-order valence-corrected chi connectivity index (χ1v) is 21.6. The summed E-state index contributed by atoms with van der Waals surface area (Å²) >= 11 is 7.10. The minimum atomic E-state index is -1.13. The number of amides is 2.